The normalized spacial score (nSPS) is 14.1. The maximum atomic E-state index is 13.1. The Balaban J connectivity index is 1.43. The standard InChI is InChI=1S/C28H30ClN4O2/c1-3-14-32-19-25-24-13-15-31(28(34)26(29)21-7-5-4-6-8-21)18-22(24)16-30-27(25)33(32)17-20-9-11-23(35-2)12-10-20/h4-12,16,19,26H,3,13-15,17-18H2,1-2H3/q+1. The Hall–Kier alpha value is -3.38. The van der Waals surface area contributed by atoms with Gasteiger partial charge in [0, 0.05) is 25.7 Å². The third kappa shape index (κ3) is 4.63. The number of hydrogen-bond acceptors (Lipinski definition) is 3. The molecule has 0 saturated heterocycles. The number of hydrogen-bond donors (Lipinski definition) is 0. The van der Waals surface area contributed by atoms with Crippen molar-refractivity contribution in [2.45, 2.75) is 44.8 Å². The molecule has 0 aliphatic carbocycles. The van der Waals surface area contributed by atoms with Crippen LogP contribution < -0.4 is 9.42 Å². The molecule has 1 amide bonds. The van der Waals surface area contributed by atoms with E-state index in [4.69, 9.17) is 21.3 Å². The number of pyridine rings is 1. The second kappa shape index (κ2) is 10.1. The Morgan fingerprint density at radius 2 is 1.94 bits per heavy atom. The summed E-state index contributed by atoms with van der Waals surface area (Å²) >= 11 is 6.55. The summed E-state index contributed by atoms with van der Waals surface area (Å²) in [5, 5.41) is 0.494. The van der Waals surface area contributed by atoms with E-state index in [2.05, 4.69) is 34.6 Å². The largest absolute Gasteiger partial charge is 0.497 e. The van der Waals surface area contributed by atoms with Crippen molar-refractivity contribution < 1.29 is 14.2 Å². The third-order valence-electron chi connectivity index (χ3n) is 6.69. The van der Waals surface area contributed by atoms with Gasteiger partial charge in [0.25, 0.3) is 0 Å². The quantitative estimate of drug-likeness (QED) is 0.280. The Morgan fingerprint density at radius 3 is 2.66 bits per heavy atom. The van der Waals surface area contributed by atoms with E-state index < -0.39 is 5.38 Å². The number of amides is 1. The van der Waals surface area contributed by atoms with Crippen LogP contribution in [0.5, 0.6) is 5.75 Å². The van der Waals surface area contributed by atoms with Crippen LogP contribution in [-0.4, -0.2) is 34.1 Å². The van der Waals surface area contributed by atoms with Crippen molar-refractivity contribution in [2.75, 3.05) is 13.7 Å². The molecule has 7 heteroatoms. The molecule has 1 aliphatic rings. The molecule has 4 aromatic rings. The van der Waals surface area contributed by atoms with E-state index in [0.717, 1.165) is 48.5 Å². The number of nitrogens with zero attached hydrogens (tertiary/aromatic N) is 4. The molecule has 2 aromatic heterocycles. The van der Waals surface area contributed by atoms with E-state index in [0.29, 0.717) is 13.1 Å². The zero-order valence-corrected chi connectivity index (χ0v) is 20.9. The number of benzene rings is 2. The Labute approximate surface area is 210 Å². The van der Waals surface area contributed by atoms with Gasteiger partial charge in [-0.05, 0) is 40.8 Å². The minimum absolute atomic E-state index is 0.0539. The van der Waals surface area contributed by atoms with Crippen LogP contribution in [0.15, 0.2) is 67.0 Å². The highest BCUT2D eigenvalue weighted by Gasteiger charge is 2.30. The smallest absolute Gasteiger partial charge is 0.245 e. The fraction of sp³-hybridized carbons (Fsp3) is 0.321. The molecule has 6 nitrogen and oxygen atoms in total. The number of ether oxygens (including phenoxy) is 1. The molecule has 5 rings (SSSR count). The maximum absolute atomic E-state index is 13.1. The first-order valence-corrected chi connectivity index (χ1v) is 12.5. The van der Waals surface area contributed by atoms with E-state index in [-0.39, 0.29) is 5.91 Å². The van der Waals surface area contributed by atoms with Gasteiger partial charge in [0.05, 0.1) is 12.5 Å². The molecule has 1 unspecified atom stereocenters. The minimum atomic E-state index is -0.674. The molecule has 0 spiro atoms. The number of carbonyl (C=O) groups is 1. The van der Waals surface area contributed by atoms with Crippen LogP contribution in [-0.2, 0) is 30.8 Å². The molecule has 2 aromatic carbocycles. The Morgan fingerprint density at radius 1 is 1.17 bits per heavy atom. The molecule has 0 N–H and O–H groups in total. The van der Waals surface area contributed by atoms with Crippen molar-refractivity contribution >= 4 is 28.5 Å². The van der Waals surface area contributed by atoms with Crippen molar-refractivity contribution in [3.8, 4) is 5.75 Å². The summed E-state index contributed by atoms with van der Waals surface area (Å²) in [5.74, 6) is 0.798. The zero-order valence-electron chi connectivity index (χ0n) is 20.2. The van der Waals surface area contributed by atoms with E-state index >= 15 is 0 Å². The highest BCUT2D eigenvalue weighted by molar-refractivity contribution is 6.30. The van der Waals surface area contributed by atoms with Crippen LogP contribution >= 0.6 is 11.6 Å². The second-order valence-corrected chi connectivity index (χ2v) is 9.42. The summed E-state index contributed by atoms with van der Waals surface area (Å²) in [4.78, 5) is 19.8. The van der Waals surface area contributed by atoms with Gasteiger partial charge in [-0.15, -0.1) is 21.0 Å². The SMILES string of the molecule is CCC[n+]1cc2c3c(cnc2n1Cc1ccc(OC)cc1)CN(C(=O)C(Cl)c1ccccc1)CC3. The molecule has 180 valence electrons. The predicted octanol–water partition coefficient (Wildman–Crippen LogP) is 4.66. The molecular weight excluding hydrogens is 460 g/mol. The number of alkyl halides is 1. The molecule has 35 heavy (non-hydrogen) atoms. The van der Waals surface area contributed by atoms with Gasteiger partial charge in [0.1, 0.15) is 17.7 Å². The average molecular weight is 490 g/mol. The summed E-state index contributed by atoms with van der Waals surface area (Å²) in [5.41, 5.74) is 5.38. The first kappa shape index (κ1) is 23.4. The molecule has 0 bridgehead atoms. The lowest BCUT2D eigenvalue weighted by molar-refractivity contribution is -0.772. The number of aryl methyl sites for hydroxylation is 1. The number of rotatable bonds is 7. The van der Waals surface area contributed by atoms with E-state index in [1.54, 1.807) is 7.11 Å². The van der Waals surface area contributed by atoms with Crippen molar-refractivity contribution in [2.24, 2.45) is 0 Å². The monoisotopic (exact) mass is 489 g/mol. The number of aromatic nitrogens is 3. The fourth-order valence-corrected chi connectivity index (χ4v) is 5.12. The molecule has 0 fully saturated rings. The maximum Gasteiger partial charge on any atom is 0.245 e. The highest BCUT2D eigenvalue weighted by atomic mass is 35.5. The van der Waals surface area contributed by atoms with Gasteiger partial charge >= 0.3 is 0 Å². The van der Waals surface area contributed by atoms with Gasteiger partial charge in [-0.1, -0.05) is 49.4 Å². The topological polar surface area (TPSA) is 51.2 Å². The van der Waals surface area contributed by atoms with Gasteiger partial charge in [-0.25, -0.2) is 4.98 Å². The second-order valence-electron chi connectivity index (χ2n) is 8.98. The number of methoxy groups -OCH3 is 1. The third-order valence-corrected chi connectivity index (χ3v) is 7.13. The lowest BCUT2D eigenvalue weighted by atomic mass is 9.98. The van der Waals surface area contributed by atoms with Crippen molar-refractivity contribution in [3.05, 3.63) is 89.2 Å². The van der Waals surface area contributed by atoms with Gasteiger partial charge in [0.15, 0.2) is 6.54 Å². The average Bonchev–Trinajstić information content (AvgIpc) is 3.25. The van der Waals surface area contributed by atoms with Gasteiger partial charge < -0.3 is 9.64 Å². The first-order valence-electron chi connectivity index (χ1n) is 12.1. The lowest BCUT2D eigenvalue weighted by Crippen LogP contribution is -2.42. The van der Waals surface area contributed by atoms with Crippen LogP contribution in [0.4, 0.5) is 0 Å². The van der Waals surface area contributed by atoms with Crippen molar-refractivity contribution in [3.63, 3.8) is 0 Å². The van der Waals surface area contributed by atoms with Crippen LogP contribution in [0.25, 0.3) is 11.0 Å². The van der Waals surface area contributed by atoms with E-state index in [1.807, 2.05) is 53.6 Å². The molecule has 1 atom stereocenters. The van der Waals surface area contributed by atoms with Crippen LogP contribution in [0.3, 0.4) is 0 Å². The van der Waals surface area contributed by atoms with Crippen molar-refractivity contribution in [1.82, 2.24) is 14.6 Å². The van der Waals surface area contributed by atoms with Crippen LogP contribution in [0.2, 0.25) is 0 Å². The number of fused-ring (bicyclic) bond motifs is 3. The van der Waals surface area contributed by atoms with Crippen molar-refractivity contribution in [1.29, 1.82) is 0 Å². The van der Waals surface area contributed by atoms with Gasteiger partial charge in [-0.3, -0.25) is 4.79 Å². The van der Waals surface area contributed by atoms with Crippen LogP contribution in [0, 0.1) is 0 Å². The Bertz CT molecular complexity index is 1330. The number of carbonyl (C=O) groups excluding carboxylic acids is 1. The lowest BCUT2D eigenvalue weighted by Gasteiger charge is -2.30. The summed E-state index contributed by atoms with van der Waals surface area (Å²) < 4.78 is 9.82. The predicted molar refractivity (Wildman–Crippen MR) is 136 cm³/mol. The summed E-state index contributed by atoms with van der Waals surface area (Å²) in [7, 11) is 1.68. The highest BCUT2D eigenvalue weighted by Crippen LogP contribution is 2.29. The molecular formula is C28H30ClN4O2+. The molecule has 0 saturated carbocycles. The molecule has 0 radical (unpaired) electrons. The number of halogens is 1. The summed E-state index contributed by atoms with van der Waals surface area (Å²) in [6, 6.07) is 17.7. The van der Waals surface area contributed by atoms with Crippen LogP contribution in [0.1, 0.15) is 41.0 Å². The van der Waals surface area contributed by atoms with Gasteiger partial charge in [0.2, 0.25) is 17.8 Å². The summed E-state index contributed by atoms with van der Waals surface area (Å²) in [6.07, 6.45) is 5.98. The first-order chi connectivity index (χ1) is 17.1. The Kier molecular flexibility index (Phi) is 6.73. The fourth-order valence-electron chi connectivity index (χ4n) is 4.84. The summed E-state index contributed by atoms with van der Waals surface area (Å²) in [6.45, 7) is 5.01. The van der Waals surface area contributed by atoms with E-state index in [9.17, 15) is 4.79 Å². The van der Waals surface area contributed by atoms with E-state index in [1.165, 1.54) is 16.5 Å². The molecule has 3 heterocycles. The zero-order chi connectivity index (χ0) is 24.4. The molecule has 1 aliphatic heterocycles. The minimum Gasteiger partial charge on any atom is -0.497 e. The van der Waals surface area contributed by atoms with Gasteiger partial charge in [-0.2, -0.15) is 0 Å².